The van der Waals surface area contributed by atoms with Crippen LogP contribution in [0.5, 0.6) is 0 Å². The summed E-state index contributed by atoms with van der Waals surface area (Å²) in [7, 11) is 0. The molecule has 0 bridgehead atoms. The van der Waals surface area contributed by atoms with E-state index in [1.807, 2.05) is 23.1 Å². The van der Waals surface area contributed by atoms with Crippen LogP contribution in [0.15, 0.2) is 24.3 Å². The molecule has 0 unspecified atom stereocenters. The highest BCUT2D eigenvalue weighted by atomic mass is 16.2. The van der Waals surface area contributed by atoms with Crippen LogP contribution in [0.3, 0.4) is 0 Å². The second kappa shape index (κ2) is 6.95. The SMILES string of the molecule is O=C(NCCN1C(=O)CCc2ccccc21)C1CCCCC1. The largest absolute Gasteiger partial charge is 0.354 e. The van der Waals surface area contributed by atoms with Crippen LogP contribution >= 0.6 is 0 Å². The Bertz CT molecular complexity index is 550. The highest BCUT2D eigenvalue weighted by molar-refractivity contribution is 5.96. The summed E-state index contributed by atoms with van der Waals surface area (Å²) in [4.78, 5) is 26.1. The van der Waals surface area contributed by atoms with E-state index in [1.165, 1.54) is 12.0 Å². The fraction of sp³-hybridized carbons (Fsp3) is 0.556. The van der Waals surface area contributed by atoms with Gasteiger partial charge in [-0.25, -0.2) is 0 Å². The molecule has 0 atom stereocenters. The topological polar surface area (TPSA) is 49.4 Å². The van der Waals surface area contributed by atoms with Crippen LogP contribution in [0.1, 0.15) is 44.1 Å². The summed E-state index contributed by atoms with van der Waals surface area (Å²) in [5.74, 6) is 0.501. The first-order valence-corrected chi connectivity index (χ1v) is 8.41. The Labute approximate surface area is 131 Å². The maximum absolute atomic E-state index is 12.2. The summed E-state index contributed by atoms with van der Waals surface area (Å²) >= 11 is 0. The number of fused-ring (bicyclic) bond motifs is 1. The Morgan fingerprint density at radius 2 is 1.91 bits per heavy atom. The van der Waals surface area contributed by atoms with E-state index in [1.54, 1.807) is 0 Å². The van der Waals surface area contributed by atoms with Crippen LogP contribution in [0.25, 0.3) is 0 Å². The molecule has 1 aromatic carbocycles. The molecule has 1 fully saturated rings. The quantitative estimate of drug-likeness (QED) is 0.929. The summed E-state index contributed by atoms with van der Waals surface area (Å²) in [6, 6.07) is 8.05. The minimum absolute atomic E-state index is 0.158. The van der Waals surface area contributed by atoms with E-state index in [0.717, 1.165) is 37.8 Å². The van der Waals surface area contributed by atoms with Gasteiger partial charge in [-0.2, -0.15) is 0 Å². The highest BCUT2D eigenvalue weighted by Crippen LogP contribution is 2.27. The van der Waals surface area contributed by atoms with Crippen molar-refractivity contribution in [2.75, 3.05) is 18.0 Å². The molecule has 4 heteroatoms. The zero-order valence-corrected chi connectivity index (χ0v) is 13.0. The normalized spacial score (nSPS) is 18.9. The molecule has 0 aromatic heterocycles. The molecular formula is C18H24N2O2. The lowest BCUT2D eigenvalue weighted by molar-refractivity contribution is -0.126. The van der Waals surface area contributed by atoms with Crippen molar-refractivity contribution in [3.05, 3.63) is 29.8 Å². The van der Waals surface area contributed by atoms with E-state index >= 15 is 0 Å². The van der Waals surface area contributed by atoms with E-state index < -0.39 is 0 Å². The number of para-hydroxylation sites is 1. The van der Waals surface area contributed by atoms with E-state index in [2.05, 4.69) is 11.4 Å². The Hall–Kier alpha value is -1.84. The predicted octanol–water partition coefficient (Wildman–Crippen LogP) is 2.66. The lowest BCUT2D eigenvalue weighted by Crippen LogP contribution is -2.42. The monoisotopic (exact) mass is 300 g/mol. The van der Waals surface area contributed by atoms with Crippen molar-refractivity contribution in [3.8, 4) is 0 Å². The molecule has 0 spiro atoms. The van der Waals surface area contributed by atoms with Crippen LogP contribution in [-0.4, -0.2) is 24.9 Å². The van der Waals surface area contributed by atoms with Crippen molar-refractivity contribution >= 4 is 17.5 Å². The molecule has 1 aliphatic carbocycles. The lowest BCUT2D eigenvalue weighted by Gasteiger charge is -2.29. The van der Waals surface area contributed by atoms with Crippen molar-refractivity contribution < 1.29 is 9.59 Å². The van der Waals surface area contributed by atoms with Gasteiger partial charge >= 0.3 is 0 Å². The molecule has 1 saturated carbocycles. The smallest absolute Gasteiger partial charge is 0.227 e. The molecule has 0 saturated heterocycles. The number of aryl methyl sites for hydroxylation is 1. The fourth-order valence-corrected chi connectivity index (χ4v) is 3.54. The van der Waals surface area contributed by atoms with Gasteiger partial charge in [-0.15, -0.1) is 0 Å². The summed E-state index contributed by atoms with van der Waals surface area (Å²) in [5.41, 5.74) is 2.23. The van der Waals surface area contributed by atoms with Crippen LogP contribution in [0, 0.1) is 5.92 Å². The Morgan fingerprint density at radius 1 is 1.14 bits per heavy atom. The van der Waals surface area contributed by atoms with E-state index in [4.69, 9.17) is 0 Å². The lowest BCUT2D eigenvalue weighted by atomic mass is 9.89. The first-order chi connectivity index (χ1) is 10.8. The fourth-order valence-electron chi connectivity index (χ4n) is 3.54. The zero-order chi connectivity index (χ0) is 15.4. The third-order valence-corrected chi connectivity index (χ3v) is 4.80. The third kappa shape index (κ3) is 3.32. The second-order valence-corrected chi connectivity index (χ2v) is 6.30. The maximum Gasteiger partial charge on any atom is 0.227 e. The van der Waals surface area contributed by atoms with E-state index in [-0.39, 0.29) is 17.7 Å². The van der Waals surface area contributed by atoms with Crippen LogP contribution < -0.4 is 10.2 Å². The van der Waals surface area contributed by atoms with Gasteiger partial charge in [-0.1, -0.05) is 37.5 Å². The first kappa shape index (κ1) is 15.1. The molecule has 2 aliphatic rings. The van der Waals surface area contributed by atoms with E-state index in [0.29, 0.717) is 19.5 Å². The third-order valence-electron chi connectivity index (χ3n) is 4.80. The molecule has 22 heavy (non-hydrogen) atoms. The zero-order valence-electron chi connectivity index (χ0n) is 13.0. The standard InChI is InChI=1S/C18H24N2O2/c21-17-11-10-14-6-4-5-9-16(14)20(17)13-12-19-18(22)15-7-2-1-3-8-15/h4-6,9,15H,1-3,7-8,10-13H2,(H,19,22). The molecule has 1 N–H and O–H groups in total. The minimum atomic E-state index is 0.158. The molecule has 4 nitrogen and oxygen atoms in total. The van der Waals surface area contributed by atoms with Gasteiger partial charge in [0.05, 0.1) is 0 Å². The number of benzene rings is 1. The average Bonchev–Trinajstić information content (AvgIpc) is 2.57. The average molecular weight is 300 g/mol. The van der Waals surface area contributed by atoms with Gasteiger partial charge in [-0.05, 0) is 30.9 Å². The van der Waals surface area contributed by atoms with Crippen molar-refractivity contribution in [2.45, 2.75) is 44.9 Å². The van der Waals surface area contributed by atoms with Gasteiger partial charge in [0.15, 0.2) is 0 Å². The molecule has 1 aromatic rings. The van der Waals surface area contributed by atoms with Gasteiger partial charge in [0.2, 0.25) is 11.8 Å². The first-order valence-electron chi connectivity index (χ1n) is 8.41. The molecule has 2 amide bonds. The Balaban J connectivity index is 1.55. The van der Waals surface area contributed by atoms with Crippen molar-refractivity contribution in [3.63, 3.8) is 0 Å². The number of anilines is 1. The van der Waals surface area contributed by atoms with Gasteiger partial charge in [-0.3, -0.25) is 9.59 Å². The predicted molar refractivity (Wildman–Crippen MR) is 86.7 cm³/mol. The van der Waals surface area contributed by atoms with Crippen LogP contribution in [0.4, 0.5) is 5.69 Å². The molecule has 118 valence electrons. The minimum Gasteiger partial charge on any atom is -0.354 e. The summed E-state index contributed by atoms with van der Waals surface area (Å²) in [6.45, 7) is 1.10. The molecular weight excluding hydrogens is 276 g/mol. The Morgan fingerprint density at radius 3 is 2.73 bits per heavy atom. The highest BCUT2D eigenvalue weighted by Gasteiger charge is 2.24. The number of hydrogen-bond donors (Lipinski definition) is 1. The van der Waals surface area contributed by atoms with Crippen molar-refractivity contribution in [1.82, 2.24) is 5.32 Å². The number of hydrogen-bond acceptors (Lipinski definition) is 2. The van der Waals surface area contributed by atoms with Gasteiger partial charge < -0.3 is 10.2 Å². The van der Waals surface area contributed by atoms with Gasteiger partial charge in [0.25, 0.3) is 0 Å². The molecule has 3 rings (SSSR count). The molecule has 0 radical (unpaired) electrons. The number of carbonyl (C=O) groups is 2. The van der Waals surface area contributed by atoms with Crippen LogP contribution in [-0.2, 0) is 16.0 Å². The number of nitrogens with one attached hydrogen (secondary N) is 1. The van der Waals surface area contributed by atoms with Crippen molar-refractivity contribution in [1.29, 1.82) is 0 Å². The second-order valence-electron chi connectivity index (χ2n) is 6.30. The van der Waals surface area contributed by atoms with Crippen molar-refractivity contribution in [2.24, 2.45) is 5.92 Å². The Kier molecular flexibility index (Phi) is 4.76. The summed E-state index contributed by atoms with van der Waals surface area (Å²) in [5, 5.41) is 3.02. The number of carbonyl (C=O) groups excluding carboxylic acids is 2. The van der Waals surface area contributed by atoms with Gasteiger partial charge in [0, 0.05) is 31.1 Å². The maximum atomic E-state index is 12.2. The number of amides is 2. The van der Waals surface area contributed by atoms with Crippen LogP contribution in [0.2, 0.25) is 0 Å². The number of rotatable bonds is 4. The number of nitrogens with zero attached hydrogens (tertiary/aromatic N) is 1. The van der Waals surface area contributed by atoms with E-state index in [9.17, 15) is 9.59 Å². The molecule has 1 aliphatic heterocycles. The summed E-state index contributed by atoms with van der Waals surface area (Å²) in [6.07, 6.45) is 6.98. The summed E-state index contributed by atoms with van der Waals surface area (Å²) < 4.78 is 0. The molecule has 1 heterocycles. The van der Waals surface area contributed by atoms with Gasteiger partial charge in [0.1, 0.15) is 0 Å².